The van der Waals surface area contributed by atoms with Gasteiger partial charge in [0.05, 0.1) is 32.5 Å². The molecule has 0 radical (unpaired) electrons. The van der Waals surface area contributed by atoms with Crippen molar-refractivity contribution in [2.45, 2.75) is 38.8 Å². The maximum atomic E-state index is 14.5. The third kappa shape index (κ3) is 5.12. The van der Waals surface area contributed by atoms with Gasteiger partial charge >= 0.3 is 5.97 Å². The third-order valence-corrected chi connectivity index (χ3v) is 6.99. The van der Waals surface area contributed by atoms with Crippen molar-refractivity contribution >= 4 is 39.8 Å². The summed E-state index contributed by atoms with van der Waals surface area (Å²) in [5.41, 5.74) is 6.07. The Hall–Kier alpha value is -4.38. The molecule has 2 heterocycles. The lowest BCUT2D eigenvalue weighted by molar-refractivity contribution is -0.144. The summed E-state index contributed by atoms with van der Waals surface area (Å²) in [5.74, 6) is -2.03. The van der Waals surface area contributed by atoms with Crippen LogP contribution >= 0.6 is 0 Å². The second kappa shape index (κ2) is 11.0. The van der Waals surface area contributed by atoms with E-state index in [0.29, 0.717) is 27.8 Å². The monoisotopic (exact) mass is 553 g/mol. The zero-order valence-electron chi connectivity index (χ0n) is 23.0. The second-order valence-electron chi connectivity index (χ2n) is 10.2. The van der Waals surface area contributed by atoms with Gasteiger partial charge in [-0.3, -0.25) is 19.7 Å². The largest absolute Gasteiger partial charge is 0.493 e. The van der Waals surface area contributed by atoms with E-state index in [9.17, 15) is 23.9 Å². The highest BCUT2D eigenvalue weighted by molar-refractivity contribution is 6.50. The normalized spacial score (nSPS) is 15.0. The number of aryl methyl sites for hydroxylation is 1. The average molecular weight is 554 g/mol. The number of methoxy groups -OCH3 is 3. The highest BCUT2D eigenvalue weighted by atomic mass is 19.1. The number of carbonyl (C=O) groups is 3. The van der Waals surface area contributed by atoms with Crippen LogP contribution in [0.3, 0.4) is 0 Å². The van der Waals surface area contributed by atoms with E-state index in [2.05, 4.69) is 5.32 Å². The minimum Gasteiger partial charge on any atom is -0.493 e. The van der Waals surface area contributed by atoms with E-state index < -0.39 is 29.1 Å². The number of nitrogens with two attached hydrogens (primary N) is 1. The molecule has 1 atom stereocenters. The number of hydrogen-bond acceptors (Lipinski definition) is 7. The fraction of sp³-hybridized carbons (Fsp3) is 0.345. The van der Waals surface area contributed by atoms with Crippen LogP contribution in [0.25, 0.3) is 22.0 Å². The van der Waals surface area contributed by atoms with Crippen molar-refractivity contribution < 1.29 is 38.1 Å². The molecule has 3 aromatic rings. The van der Waals surface area contributed by atoms with Crippen molar-refractivity contribution in [2.24, 2.45) is 11.7 Å². The predicted molar refractivity (Wildman–Crippen MR) is 147 cm³/mol. The van der Waals surface area contributed by atoms with E-state index in [0.717, 1.165) is 0 Å². The van der Waals surface area contributed by atoms with Crippen molar-refractivity contribution in [3.8, 4) is 17.2 Å². The van der Waals surface area contributed by atoms with Crippen LogP contribution in [0.5, 0.6) is 17.2 Å². The molecular weight excluding hydrogens is 521 g/mol. The van der Waals surface area contributed by atoms with E-state index in [4.69, 9.17) is 19.9 Å². The number of carboxylic acids is 1. The van der Waals surface area contributed by atoms with Crippen molar-refractivity contribution in [3.05, 3.63) is 53.5 Å². The Kier molecular flexibility index (Phi) is 7.88. The lowest BCUT2D eigenvalue weighted by Gasteiger charge is -2.27. The van der Waals surface area contributed by atoms with Crippen LogP contribution in [0, 0.1) is 11.7 Å². The second-order valence-corrected chi connectivity index (χ2v) is 10.2. The van der Waals surface area contributed by atoms with Gasteiger partial charge in [0.15, 0.2) is 11.5 Å². The van der Waals surface area contributed by atoms with Crippen LogP contribution < -0.4 is 25.3 Å². The molecule has 0 spiro atoms. The Morgan fingerprint density at radius 1 is 1.05 bits per heavy atom. The van der Waals surface area contributed by atoms with Gasteiger partial charge in [0.1, 0.15) is 11.4 Å². The van der Waals surface area contributed by atoms with E-state index >= 15 is 0 Å². The van der Waals surface area contributed by atoms with Gasteiger partial charge in [0.2, 0.25) is 5.75 Å². The summed E-state index contributed by atoms with van der Waals surface area (Å²) >= 11 is 0. The lowest BCUT2D eigenvalue weighted by Crippen LogP contribution is -2.49. The molecule has 1 aliphatic rings. The average Bonchev–Trinajstić information content (AvgIpc) is 3.40. The fourth-order valence-electron chi connectivity index (χ4n) is 5.21. The standard InChI is InChI=1S/C29H32FN3O7/c1-15(2)13-29(31,28(36)37)8-9-33-14-19(18-12-17(30)6-7-20(18)33)24-23(26(34)32-27(24)35)16-10-21(38-3)25(40-5)22(11-16)39-4/h6-7,10-12,14-15H,8-9,13,31H2,1-5H3,(H,36,37)(H,32,34,35). The molecule has 4 rings (SSSR count). The number of hydrogen-bond donors (Lipinski definition) is 3. The van der Waals surface area contributed by atoms with Crippen LogP contribution in [-0.2, 0) is 20.9 Å². The molecule has 0 saturated heterocycles. The highest BCUT2D eigenvalue weighted by Crippen LogP contribution is 2.43. The number of aliphatic carboxylic acids is 1. The Labute approximate surface area is 230 Å². The quantitative estimate of drug-likeness (QED) is 0.306. The summed E-state index contributed by atoms with van der Waals surface area (Å²) in [6, 6.07) is 7.20. The first-order valence-corrected chi connectivity index (χ1v) is 12.7. The molecule has 4 N–H and O–H groups in total. The van der Waals surface area contributed by atoms with Crippen LogP contribution in [0.15, 0.2) is 36.5 Å². The number of fused-ring (bicyclic) bond motifs is 1. The topological polar surface area (TPSA) is 142 Å². The zero-order valence-corrected chi connectivity index (χ0v) is 23.0. The number of carboxylic acid groups (broad SMARTS) is 1. The molecule has 0 saturated carbocycles. The highest BCUT2D eigenvalue weighted by Gasteiger charge is 2.37. The van der Waals surface area contributed by atoms with Gasteiger partial charge < -0.3 is 29.6 Å². The molecule has 1 aromatic heterocycles. The maximum Gasteiger partial charge on any atom is 0.323 e. The van der Waals surface area contributed by atoms with Gasteiger partial charge in [-0.1, -0.05) is 13.8 Å². The van der Waals surface area contributed by atoms with Crippen LogP contribution in [-0.4, -0.2) is 54.3 Å². The summed E-state index contributed by atoms with van der Waals surface area (Å²) in [6.07, 6.45) is 1.97. The summed E-state index contributed by atoms with van der Waals surface area (Å²) in [6.45, 7) is 3.97. The molecule has 0 aliphatic carbocycles. The zero-order chi connectivity index (χ0) is 29.4. The van der Waals surface area contributed by atoms with Crippen molar-refractivity contribution in [1.82, 2.24) is 9.88 Å². The molecule has 0 bridgehead atoms. The molecule has 40 heavy (non-hydrogen) atoms. The first-order chi connectivity index (χ1) is 18.9. The van der Waals surface area contributed by atoms with Gasteiger partial charge in [0.25, 0.3) is 11.8 Å². The lowest BCUT2D eigenvalue weighted by atomic mass is 9.87. The molecular formula is C29H32FN3O7. The molecule has 11 heteroatoms. The fourth-order valence-corrected chi connectivity index (χ4v) is 5.21. The van der Waals surface area contributed by atoms with E-state index in [1.165, 1.54) is 33.5 Å². The van der Waals surface area contributed by atoms with Gasteiger partial charge in [0, 0.05) is 29.2 Å². The number of nitrogens with zero attached hydrogens (tertiary/aromatic N) is 1. The van der Waals surface area contributed by atoms with Gasteiger partial charge in [-0.15, -0.1) is 0 Å². The first kappa shape index (κ1) is 28.6. The van der Waals surface area contributed by atoms with Crippen molar-refractivity contribution in [3.63, 3.8) is 0 Å². The number of ether oxygens (including phenoxy) is 3. The number of aromatic nitrogens is 1. The Morgan fingerprint density at radius 3 is 2.23 bits per heavy atom. The molecule has 212 valence electrons. The molecule has 1 aliphatic heterocycles. The number of halogens is 1. The molecule has 2 aromatic carbocycles. The van der Waals surface area contributed by atoms with Gasteiger partial charge in [-0.25, -0.2) is 4.39 Å². The Morgan fingerprint density at radius 2 is 1.68 bits per heavy atom. The van der Waals surface area contributed by atoms with Crippen molar-refractivity contribution in [2.75, 3.05) is 21.3 Å². The van der Waals surface area contributed by atoms with E-state index in [1.807, 2.05) is 13.8 Å². The molecule has 10 nitrogen and oxygen atoms in total. The Bertz CT molecular complexity index is 1520. The van der Waals surface area contributed by atoms with E-state index in [1.54, 1.807) is 29.0 Å². The number of imide groups is 1. The van der Waals surface area contributed by atoms with Crippen molar-refractivity contribution in [1.29, 1.82) is 0 Å². The predicted octanol–water partition coefficient (Wildman–Crippen LogP) is 3.59. The van der Waals surface area contributed by atoms with Gasteiger partial charge in [-0.05, 0) is 54.7 Å². The smallest absolute Gasteiger partial charge is 0.323 e. The number of nitrogens with one attached hydrogen (secondary N) is 1. The van der Waals surface area contributed by atoms with Gasteiger partial charge in [-0.2, -0.15) is 0 Å². The van der Waals surface area contributed by atoms with Crippen LogP contribution in [0.2, 0.25) is 0 Å². The summed E-state index contributed by atoms with van der Waals surface area (Å²) in [4.78, 5) is 38.3. The maximum absolute atomic E-state index is 14.5. The minimum absolute atomic E-state index is 0.0352. The number of benzene rings is 2. The minimum atomic E-state index is -1.48. The Balaban J connectivity index is 1.91. The first-order valence-electron chi connectivity index (χ1n) is 12.7. The number of rotatable bonds is 11. The summed E-state index contributed by atoms with van der Waals surface area (Å²) in [5, 5.41) is 12.5. The SMILES string of the molecule is COc1cc(C2=C(c3cn(CCC(N)(CC(C)C)C(=O)O)c4ccc(F)cc34)C(=O)NC2=O)cc(OC)c1OC. The molecule has 0 fully saturated rings. The number of carbonyl (C=O) groups excluding carboxylic acids is 2. The van der Waals surface area contributed by atoms with Crippen LogP contribution in [0.1, 0.15) is 37.8 Å². The summed E-state index contributed by atoms with van der Waals surface area (Å²) < 4.78 is 32.4. The molecule has 2 amide bonds. The third-order valence-electron chi connectivity index (χ3n) is 6.99. The van der Waals surface area contributed by atoms with Crippen LogP contribution in [0.4, 0.5) is 4.39 Å². The summed E-state index contributed by atoms with van der Waals surface area (Å²) in [7, 11) is 4.31. The van der Waals surface area contributed by atoms with E-state index in [-0.39, 0.29) is 47.9 Å². The number of amides is 2. The molecule has 1 unspecified atom stereocenters.